The van der Waals surface area contributed by atoms with Crippen molar-refractivity contribution in [1.82, 2.24) is 0 Å². The zero-order chi connectivity index (χ0) is 16.8. The van der Waals surface area contributed by atoms with Gasteiger partial charge in [-0.1, -0.05) is 60.7 Å². The van der Waals surface area contributed by atoms with Crippen molar-refractivity contribution in [3.05, 3.63) is 96.1 Å². The number of ether oxygens (including phenoxy) is 1. The monoisotopic (exact) mass is 322 g/mol. The Bertz CT molecular complexity index is 1140. The molecule has 5 rings (SSSR count). The largest absolute Gasteiger partial charge is 0.457 e. The predicted molar refractivity (Wildman–Crippen MR) is 105 cm³/mol. The van der Waals surface area contributed by atoms with Gasteiger partial charge in [0.1, 0.15) is 11.5 Å². The Morgan fingerprint density at radius 2 is 1.56 bits per heavy atom. The molecule has 0 spiro atoms. The highest BCUT2D eigenvalue weighted by atomic mass is 16.5. The van der Waals surface area contributed by atoms with Crippen molar-refractivity contribution in [2.45, 2.75) is 12.8 Å². The minimum Gasteiger partial charge on any atom is -0.457 e. The van der Waals surface area contributed by atoms with Crippen LogP contribution in [0.4, 0.5) is 0 Å². The first-order valence-corrected chi connectivity index (χ1v) is 8.68. The summed E-state index contributed by atoms with van der Waals surface area (Å²) in [5.74, 6) is 1.96. The van der Waals surface area contributed by atoms with Crippen LogP contribution in [-0.4, -0.2) is 0 Å². The Hall–Kier alpha value is -3.06. The van der Waals surface area contributed by atoms with Crippen LogP contribution in [-0.2, 0) is 12.8 Å². The zero-order valence-corrected chi connectivity index (χ0v) is 14.0. The molecule has 0 unspecified atom stereocenters. The second kappa shape index (κ2) is 5.49. The van der Waals surface area contributed by atoms with E-state index in [9.17, 15) is 0 Å². The zero-order valence-electron chi connectivity index (χ0n) is 14.0. The van der Waals surface area contributed by atoms with Crippen LogP contribution in [0.25, 0.3) is 21.5 Å². The van der Waals surface area contributed by atoms with Gasteiger partial charge in [0.15, 0.2) is 0 Å². The van der Waals surface area contributed by atoms with E-state index in [1.807, 2.05) is 6.08 Å². The highest BCUT2D eigenvalue weighted by Crippen LogP contribution is 2.43. The minimum absolute atomic E-state index is 0.871. The molecule has 120 valence electrons. The lowest BCUT2D eigenvalue weighted by molar-refractivity contribution is 0.463. The molecule has 1 heteroatoms. The number of rotatable bonds is 2. The van der Waals surface area contributed by atoms with E-state index >= 15 is 0 Å². The van der Waals surface area contributed by atoms with Crippen LogP contribution >= 0.6 is 0 Å². The van der Waals surface area contributed by atoms with E-state index in [-0.39, 0.29) is 0 Å². The van der Waals surface area contributed by atoms with Crippen LogP contribution in [0, 0.1) is 0 Å². The number of benzene rings is 4. The Morgan fingerprint density at radius 3 is 2.44 bits per heavy atom. The lowest BCUT2D eigenvalue weighted by atomic mass is 9.89. The summed E-state index contributed by atoms with van der Waals surface area (Å²) in [7, 11) is 0. The SMILES string of the molecule is C=CCc1cccc2ccc3c(c12)Cc1c(ccc2ccccc12)O3. The van der Waals surface area contributed by atoms with Crippen molar-refractivity contribution < 1.29 is 4.74 Å². The summed E-state index contributed by atoms with van der Waals surface area (Å²) in [6, 6.07) is 23.6. The summed E-state index contributed by atoms with van der Waals surface area (Å²) < 4.78 is 6.30. The molecule has 0 bridgehead atoms. The lowest BCUT2D eigenvalue weighted by Crippen LogP contribution is -2.05. The quantitative estimate of drug-likeness (QED) is 0.341. The van der Waals surface area contributed by atoms with Crippen LogP contribution in [0.3, 0.4) is 0 Å². The van der Waals surface area contributed by atoms with Crippen molar-refractivity contribution in [2.75, 3.05) is 0 Å². The summed E-state index contributed by atoms with van der Waals surface area (Å²) in [6.07, 6.45) is 3.74. The molecule has 1 nitrogen and oxygen atoms in total. The van der Waals surface area contributed by atoms with Crippen LogP contribution in [0.15, 0.2) is 79.4 Å². The Kier molecular flexibility index (Phi) is 3.14. The van der Waals surface area contributed by atoms with Gasteiger partial charge in [-0.2, -0.15) is 0 Å². The van der Waals surface area contributed by atoms with Gasteiger partial charge in [-0.25, -0.2) is 0 Å². The number of hydrogen-bond acceptors (Lipinski definition) is 1. The lowest BCUT2D eigenvalue weighted by Gasteiger charge is -2.24. The van der Waals surface area contributed by atoms with E-state index in [0.29, 0.717) is 0 Å². The van der Waals surface area contributed by atoms with Crippen molar-refractivity contribution in [3.8, 4) is 11.5 Å². The molecule has 4 aromatic rings. The van der Waals surface area contributed by atoms with E-state index in [4.69, 9.17) is 4.74 Å². The molecule has 0 aliphatic carbocycles. The van der Waals surface area contributed by atoms with Crippen molar-refractivity contribution in [2.24, 2.45) is 0 Å². The van der Waals surface area contributed by atoms with E-state index in [0.717, 1.165) is 24.3 Å². The van der Waals surface area contributed by atoms with Gasteiger partial charge in [0.25, 0.3) is 0 Å². The van der Waals surface area contributed by atoms with Gasteiger partial charge in [-0.15, -0.1) is 6.58 Å². The molecule has 0 saturated heterocycles. The van der Waals surface area contributed by atoms with E-state index < -0.39 is 0 Å². The first kappa shape index (κ1) is 14.3. The summed E-state index contributed by atoms with van der Waals surface area (Å²) >= 11 is 0. The molecule has 0 fully saturated rings. The molecular weight excluding hydrogens is 304 g/mol. The van der Waals surface area contributed by atoms with Gasteiger partial charge >= 0.3 is 0 Å². The third-order valence-electron chi connectivity index (χ3n) is 5.13. The molecule has 0 aromatic heterocycles. The van der Waals surface area contributed by atoms with Gasteiger partial charge < -0.3 is 4.74 Å². The first-order chi connectivity index (χ1) is 12.3. The maximum Gasteiger partial charge on any atom is 0.131 e. The maximum absolute atomic E-state index is 6.30. The minimum atomic E-state index is 0.871. The second-order valence-electron chi connectivity index (χ2n) is 6.59. The molecule has 0 saturated carbocycles. The highest BCUT2D eigenvalue weighted by molar-refractivity contribution is 5.94. The molecule has 1 heterocycles. The van der Waals surface area contributed by atoms with Gasteiger partial charge in [0.2, 0.25) is 0 Å². The Balaban J connectivity index is 1.79. The second-order valence-corrected chi connectivity index (χ2v) is 6.59. The molecule has 4 aromatic carbocycles. The summed E-state index contributed by atoms with van der Waals surface area (Å²) in [4.78, 5) is 0. The van der Waals surface area contributed by atoms with Crippen molar-refractivity contribution in [3.63, 3.8) is 0 Å². The average molecular weight is 322 g/mol. The van der Waals surface area contributed by atoms with Crippen LogP contribution in [0.1, 0.15) is 16.7 Å². The summed E-state index contributed by atoms with van der Waals surface area (Å²) in [5.41, 5.74) is 3.89. The Labute approximate surface area is 147 Å². The molecule has 25 heavy (non-hydrogen) atoms. The predicted octanol–water partition coefficient (Wildman–Crippen LogP) is 6.42. The third-order valence-corrected chi connectivity index (χ3v) is 5.13. The average Bonchev–Trinajstić information content (AvgIpc) is 2.66. The fourth-order valence-electron chi connectivity index (χ4n) is 4.00. The Morgan fingerprint density at radius 1 is 0.800 bits per heavy atom. The van der Waals surface area contributed by atoms with Gasteiger partial charge in [0.05, 0.1) is 0 Å². The molecule has 0 atom stereocenters. The van der Waals surface area contributed by atoms with E-state index in [1.165, 1.54) is 38.2 Å². The molecule has 1 aliphatic heterocycles. The first-order valence-electron chi connectivity index (χ1n) is 8.68. The topological polar surface area (TPSA) is 9.23 Å². The van der Waals surface area contributed by atoms with Gasteiger partial charge in [-0.3, -0.25) is 0 Å². The van der Waals surface area contributed by atoms with Crippen molar-refractivity contribution in [1.29, 1.82) is 0 Å². The van der Waals surface area contributed by atoms with E-state index in [1.54, 1.807) is 0 Å². The number of fused-ring (bicyclic) bond motifs is 6. The summed E-state index contributed by atoms with van der Waals surface area (Å²) in [6.45, 7) is 3.92. The molecule has 1 aliphatic rings. The molecular formula is C24H18O. The highest BCUT2D eigenvalue weighted by Gasteiger charge is 2.22. The molecule has 0 radical (unpaired) electrons. The molecule has 0 amide bonds. The van der Waals surface area contributed by atoms with E-state index in [2.05, 4.69) is 73.3 Å². The number of allylic oxidation sites excluding steroid dienone is 1. The fourth-order valence-corrected chi connectivity index (χ4v) is 4.00. The number of hydrogen-bond donors (Lipinski definition) is 0. The standard InChI is InChI=1S/C24H18O/c1-2-6-17-8-5-9-18-12-14-23-21(24(17)18)15-20-19-10-4-3-7-16(19)11-13-22(20)25-23/h2-5,7-14H,1,6,15H2. The third kappa shape index (κ3) is 2.16. The van der Waals surface area contributed by atoms with Crippen LogP contribution in [0.2, 0.25) is 0 Å². The van der Waals surface area contributed by atoms with Crippen LogP contribution in [0.5, 0.6) is 11.5 Å². The summed E-state index contributed by atoms with van der Waals surface area (Å²) in [5, 5.41) is 5.13. The van der Waals surface area contributed by atoms with Gasteiger partial charge in [0, 0.05) is 17.5 Å². The van der Waals surface area contributed by atoms with Crippen LogP contribution < -0.4 is 4.74 Å². The van der Waals surface area contributed by atoms with Crippen molar-refractivity contribution >= 4 is 21.5 Å². The maximum atomic E-state index is 6.30. The molecule has 0 N–H and O–H groups in total. The normalized spacial score (nSPS) is 12.5. The van der Waals surface area contributed by atoms with Gasteiger partial charge in [-0.05, 0) is 45.7 Å². The fraction of sp³-hybridized carbons (Fsp3) is 0.0833. The smallest absolute Gasteiger partial charge is 0.131 e.